The fourth-order valence-corrected chi connectivity index (χ4v) is 9.91. The summed E-state index contributed by atoms with van der Waals surface area (Å²) in [7, 11) is -10.6. The molecule has 0 aromatic heterocycles. The molecule has 0 saturated carbocycles. The van der Waals surface area contributed by atoms with E-state index in [1.54, 1.807) is 12.1 Å². The third kappa shape index (κ3) is 12.0. The molecule has 6 N–H and O–H groups in total. The molecular weight excluding hydrogens is 875 g/mol. The molecule has 0 aliphatic carbocycles. The first kappa shape index (κ1) is 52.1. The highest BCUT2D eigenvalue weighted by Gasteiger charge is 2.43. The molecule has 0 bridgehead atoms. The molecule has 0 radical (unpaired) electrons. The molecule has 13 heteroatoms. The molecule has 0 aliphatic rings. The van der Waals surface area contributed by atoms with Crippen molar-refractivity contribution in [2.75, 3.05) is 26.4 Å². The molecule has 0 heterocycles. The Morgan fingerprint density at radius 2 is 0.667 bits per heavy atom. The zero-order chi connectivity index (χ0) is 48.6. The van der Waals surface area contributed by atoms with Gasteiger partial charge in [-0.05, 0) is 45.5 Å². The van der Waals surface area contributed by atoms with Gasteiger partial charge < -0.3 is 39.3 Å². The molecule has 0 fully saturated rings. The summed E-state index contributed by atoms with van der Waals surface area (Å²) in [6, 6.07) is 51.0. The number of phosphoric ester groups is 1. The van der Waals surface area contributed by atoms with E-state index in [1.165, 1.54) is 0 Å². The van der Waals surface area contributed by atoms with Crippen LogP contribution in [-0.4, -0.2) is 56.6 Å². The maximum atomic E-state index is 15.0. The highest BCUT2D eigenvalue weighted by atomic mass is 31.3. The van der Waals surface area contributed by atoms with Crippen LogP contribution in [0.5, 0.6) is 11.5 Å². The Kier molecular flexibility index (Phi) is 16.5. The summed E-state index contributed by atoms with van der Waals surface area (Å²) in [6.07, 6.45) is 0. The third-order valence-electron chi connectivity index (χ3n) is 12.7. The minimum atomic E-state index is -5.45. The summed E-state index contributed by atoms with van der Waals surface area (Å²) in [5, 5.41) is 34.0. The smallest absolute Gasteiger partial charge is 0.396 e. The maximum Gasteiger partial charge on any atom is 0.596 e. The molecule has 0 aliphatic heterocycles. The minimum absolute atomic E-state index is 0.0962. The lowest BCUT2D eigenvalue weighted by atomic mass is 9.73. The zero-order valence-corrected chi connectivity index (χ0v) is 40.7. The van der Waals surface area contributed by atoms with E-state index in [2.05, 4.69) is 52.0 Å². The maximum absolute atomic E-state index is 15.0. The fraction of sp³-hybridized carbons (Fsp3) is 0.321. The van der Waals surface area contributed by atoms with Crippen LogP contribution in [0, 0.1) is 5.41 Å². The lowest BCUT2D eigenvalue weighted by Crippen LogP contribution is -2.37. The second-order valence-corrected chi connectivity index (χ2v) is 21.6. The quantitative estimate of drug-likeness (QED) is 0.0451. The number of phosphoric acid groups is 2. The van der Waals surface area contributed by atoms with Crippen LogP contribution in [-0.2, 0) is 35.1 Å². The molecule has 6 aromatic rings. The zero-order valence-electron chi connectivity index (χ0n) is 39.0. The van der Waals surface area contributed by atoms with Crippen LogP contribution in [0.15, 0.2) is 158 Å². The molecule has 6 rings (SSSR count). The number of hydrogen-bond donors (Lipinski definition) is 6. The van der Waals surface area contributed by atoms with Crippen molar-refractivity contribution in [2.45, 2.75) is 77.0 Å². The van der Waals surface area contributed by atoms with Gasteiger partial charge in [-0.25, -0.2) is 9.13 Å². The second kappa shape index (κ2) is 20.9. The average molecular weight is 939 g/mol. The molecule has 0 saturated heterocycles. The largest absolute Gasteiger partial charge is 0.596 e. The first-order valence-corrected chi connectivity index (χ1v) is 24.7. The molecule has 0 amide bonds. The van der Waals surface area contributed by atoms with Gasteiger partial charge in [0.25, 0.3) is 0 Å². The highest BCUT2D eigenvalue weighted by molar-refractivity contribution is 7.61. The van der Waals surface area contributed by atoms with Crippen molar-refractivity contribution < 1.29 is 52.7 Å². The van der Waals surface area contributed by atoms with Crippen LogP contribution < -0.4 is 9.05 Å². The van der Waals surface area contributed by atoms with E-state index in [1.807, 2.05) is 149 Å². The monoisotopic (exact) mass is 938 g/mol. The van der Waals surface area contributed by atoms with Crippen LogP contribution in [0.3, 0.4) is 0 Å². The Morgan fingerprint density at radius 3 is 0.909 bits per heavy atom. The van der Waals surface area contributed by atoms with Crippen molar-refractivity contribution in [3.8, 4) is 11.5 Å². The summed E-state index contributed by atoms with van der Waals surface area (Å²) in [4.78, 5) is 20.5. The van der Waals surface area contributed by atoms with Gasteiger partial charge in [0, 0.05) is 32.8 Å². The Labute approximate surface area is 389 Å². The molecule has 0 unspecified atom stereocenters. The van der Waals surface area contributed by atoms with Gasteiger partial charge in [0.15, 0.2) is 0 Å². The average Bonchev–Trinajstić information content (AvgIpc) is 3.30. The molecule has 66 heavy (non-hydrogen) atoms. The summed E-state index contributed by atoms with van der Waals surface area (Å²) in [5.74, 6) is 0.192. The predicted molar refractivity (Wildman–Crippen MR) is 260 cm³/mol. The first-order chi connectivity index (χ1) is 31.0. The lowest BCUT2D eigenvalue weighted by Gasteiger charge is -2.34. The summed E-state index contributed by atoms with van der Waals surface area (Å²) >= 11 is 0. The van der Waals surface area contributed by atoms with Crippen LogP contribution in [0.4, 0.5) is 0 Å². The molecule has 6 aromatic carbocycles. The molecular formula is C53H64O11P2. The number of benzene rings is 6. The van der Waals surface area contributed by atoms with E-state index in [4.69, 9.17) is 33.8 Å². The summed E-state index contributed by atoms with van der Waals surface area (Å²) in [5.41, 5.74) is 3.74. The van der Waals surface area contributed by atoms with Gasteiger partial charge >= 0.3 is 15.6 Å². The molecule has 352 valence electrons. The van der Waals surface area contributed by atoms with Crippen molar-refractivity contribution in [1.29, 1.82) is 0 Å². The summed E-state index contributed by atoms with van der Waals surface area (Å²) in [6.45, 7) is 15.0. The number of hydrogen-bond acceptors (Lipinski definition) is 9. The van der Waals surface area contributed by atoms with Crippen molar-refractivity contribution in [3.05, 3.63) is 202 Å². The van der Waals surface area contributed by atoms with Crippen molar-refractivity contribution in [3.63, 3.8) is 0 Å². The van der Waals surface area contributed by atoms with E-state index >= 15 is 4.57 Å². The van der Waals surface area contributed by atoms with Gasteiger partial charge in [0.2, 0.25) is 0 Å². The Bertz CT molecular complexity index is 2410. The van der Waals surface area contributed by atoms with Gasteiger partial charge in [0.05, 0.1) is 31.8 Å². The predicted octanol–water partition coefficient (Wildman–Crippen LogP) is 10.6. The Hall–Kier alpha value is -4.90. The number of aliphatic hydroxyl groups is 4. The van der Waals surface area contributed by atoms with Gasteiger partial charge in [-0.3, -0.25) is 0 Å². The van der Waals surface area contributed by atoms with Crippen LogP contribution in [0.2, 0.25) is 0 Å². The van der Waals surface area contributed by atoms with Crippen molar-refractivity contribution >= 4 is 15.6 Å². The molecule has 0 atom stereocenters. The standard InChI is InChI=1S/C48H52O7P2.C5H12O4/c1-45(2,35-21-13-9-14-22-35)39-29-31-43(41(33-39)47(5,6)37-25-17-11-18-26-37)53-57(52,55-56(49,50)51)54-44-32-30-40(46(3,4)36-23-15-10-16-24-36)34-42(44)48(7,8)38-27-19-12-20-28-38;6-1-5(2-7,3-8)4-9/h9-34H,1-8H3,(H2,49,50,51);6-9H,1-4H2. The van der Waals surface area contributed by atoms with Crippen molar-refractivity contribution in [2.24, 2.45) is 5.41 Å². The third-order valence-corrected chi connectivity index (χ3v) is 15.2. The van der Waals surface area contributed by atoms with E-state index in [9.17, 15) is 14.4 Å². The van der Waals surface area contributed by atoms with E-state index in [0.29, 0.717) is 11.1 Å². The van der Waals surface area contributed by atoms with E-state index < -0.39 is 69.1 Å². The van der Waals surface area contributed by atoms with Crippen LogP contribution >= 0.6 is 15.6 Å². The van der Waals surface area contributed by atoms with Gasteiger partial charge in [-0.2, -0.15) is 4.31 Å². The van der Waals surface area contributed by atoms with E-state index in [0.717, 1.165) is 33.4 Å². The topological polar surface area (TPSA) is 183 Å². The Balaban J connectivity index is 0.000000820. The van der Waals surface area contributed by atoms with Gasteiger partial charge in [-0.15, -0.1) is 0 Å². The van der Waals surface area contributed by atoms with Crippen LogP contribution in [0.1, 0.15) is 99.9 Å². The second-order valence-electron chi connectivity index (χ2n) is 18.7. The van der Waals surface area contributed by atoms with Crippen LogP contribution in [0.25, 0.3) is 0 Å². The van der Waals surface area contributed by atoms with Gasteiger partial charge in [0.1, 0.15) is 11.5 Å². The molecule has 0 spiro atoms. The normalized spacial score (nSPS) is 12.8. The lowest BCUT2D eigenvalue weighted by molar-refractivity contribution is -0.0328. The fourth-order valence-electron chi connectivity index (χ4n) is 7.76. The van der Waals surface area contributed by atoms with Crippen molar-refractivity contribution in [1.82, 2.24) is 0 Å². The Morgan fingerprint density at radius 1 is 0.394 bits per heavy atom. The molecule has 11 nitrogen and oxygen atoms in total. The number of rotatable bonds is 18. The minimum Gasteiger partial charge on any atom is -0.396 e. The SMILES string of the molecule is CC(C)(c1ccccc1)c1ccc(OP(=O)(Oc2ccc(C(C)(C)c3ccccc3)cc2C(C)(C)c2ccccc2)OP(=O)(O)O)c(C(C)(C)c2ccccc2)c1.OCC(CO)(CO)CO. The first-order valence-electron chi connectivity index (χ1n) is 21.7. The van der Waals surface area contributed by atoms with E-state index in [-0.39, 0.29) is 11.5 Å². The number of aliphatic hydroxyl groups excluding tert-OH is 4. The summed E-state index contributed by atoms with van der Waals surface area (Å²) < 4.78 is 45.3. The highest BCUT2D eigenvalue weighted by Crippen LogP contribution is 2.62. The van der Waals surface area contributed by atoms with Gasteiger partial charge in [-0.1, -0.05) is 201 Å².